The van der Waals surface area contributed by atoms with E-state index in [1.807, 2.05) is 0 Å². The quantitative estimate of drug-likeness (QED) is 0.0599. The first-order chi connectivity index (χ1) is 48.8. The van der Waals surface area contributed by atoms with Crippen LogP contribution in [-0.2, 0) is 5.41 Å². The van der Waals surface area contributed by atoms with Crippen molar-refractivity contribution in [3.63, 3.8) is 0 Å². The van der Waals surface area contributed by atoms with Crippen LogP contribution in [0.15, 0.2) is 279 Å². The zero-order chi connectivity index (χ0) is 66.8. The van der Waals surface area contributed by atoms with E-state index < -0.39 is 0 Å². The van der Waals surface area contributed by atoms with Crippen LogP contribution in [-0.4, -0.2) is 19.1 Å². The summed E-state index contributed by atoms with van der Waals surface area (Å²) in [5, 5.41) is 4.95. The molecule has 99 heavy (non-hydrogen) atoms. The van der Waals surface area contributed by atoms with Gasteiger partial charge in [-0.05, 0) is 172 Å². The molecule has 1 aliphatic rings. The van der Waals surface area contributed by atoms with Crippen molar-refractivity contribution >= 4 is 43.6 Å². The van der Waals surface area contributed by atoms with E-state index in [9.17, 15) is 0 Å². The predicted octanol–water partition coefficient (Wildman–Crippen LogP) is 26.7. The normalized spacial score (nSPS) is 12.5. The summed E-state index contributed by atoms with van der Waals surface area (Å²) >= 11 is 0. The molecule has 0 spiro atoms. The molecule has 0 fully saturated rings. The topological polar surface area (TPSA) is 35.6 Å². The highest BCUT2D eigenvalue weighted by Gasteiger charge is 2.43. The van der Waals surface area contributed by atoms with Gasteiger partial charge in [0.25, 0.3) is 0 Å². The van der Waals surface area contributed by atoms with Gasteiger partial charge in [0.15, 0.2) is 5.82 Å². The maximum atomic E-state index is 5.43. The van der Waals surface area contributed by atoms with Crippen LogP contribution in [0.1, 0.15) is 126 Å². The minimum Gasteiger partial charge on any atom is -0.309 e. The van der Waals surface area contributed by atoms with Crippen LogP contribution in [0, 0.1) is 13.8 Å². The van der Waals surface area contributed by atoms with Crippen LogP contribution in [0.25, 0.3) is 145 Å². The standard InChI is InChI=1S/C95H86N4/c1-5-7-9-11-13-22-58-95(59-23-14-12-10-8-6-2)86-62-76(69-40-38-68(39-41-69)67-34-30-65(3)31-35-67)48-54-80(86)81-55-49-77(63-87(81)95)70-42-44-73(45-43-70)94-96-88(71-36-32-66(4)33-37-71)64-89(97-94)72-46-52-79(53-47-72)99-91-29-21-19-27-83(91)85-61-75(51-57-93(85)99)74-50-56-92-84(60-74)82-26-18-20-28-90(82)98(92)78-24-16-15-17-25-78/h15-21,24-57,60-64H,5-14,22-23,58-59H2,1-4H3. The second-order valence-corrected chi connectivity index (χ2v) is 28.0. The van der Waals surface area contributed by atoms with Crippen LogP contribution in [0.4, 0.5) is 0 Å². The molecular formula is C95H86N4. The lowest BCUT2D eigenvalue weighted by molar-refractivity contribution is 0.398. The summed E-state index contributed by atoms with van der Waals surface area (Å²) in [4.78, 5) is 10.8. The molecule has 15 aromatic rings. The number of aromatic nitrogens is 4. The van der Waals surface area contributed by atoms with E-state index in [1.54, 1.807) is 0 Å². The van der Waals surface area contributed by atoms with Crippen LogP contribution in [0.2, 0.25) is 0 Å². The Labute approximate surface area is 584 Å². The van der Waals surface area contributed by atoms with Crippen LogP contribution >= 0.6 is 0 Å². The highest BCUT2D eigenvalue weighted by Crippen LogP contribution is 2.56. The zero-order valence-corrected chi connectivity index (χ0v) is 57.7. The predicted molar refractivity (Wildman–Crippen MR) is 420 cm³/mol. The third kappa shape index (κ3) is 12.3. The van der Waals surface area contributed by atoms with Crippen molar-refractivity contribution in [3.05, 3.63) is 301 Å². The number of fused-ring (bicyclic) bond motifs is 9. The summed E-state index contributed by atoms with van der Waals surface area (Å²) in [5.41, 5.74) is 30.1. The Morgan fingerprint density at radius 3 is 1.09 bits per heavy atom. The number of rotatable bonds is 23. The summed E-state index contributed by atoms with van der Waals surface area (Å²) in [6.07, 6.45) is 17.8. The third-order valence-corrected chi connectivity index (χ3v) is 21.5. The summed E-state index contributed by atoms with van der Waals surface area (Å²) in [6.45, 7) is 8.95. The van der Waals surface area contributed by atoms with E-state index in [0.717, 1.165) is 52.3 Å². The Morgan fingerprint density at radius 1 is 0.273 bits per heavy atom. The van der Waals surface area contributed by atoms with E-state index in [4.69, 9.17) is 9.97 Å². The second kappa shape index (κ2) is 27.7. The smallest absolute Gasteiger partial charge is 0.160 e. The molecular weight excluding hydrogens is 1200 g/mol. The van der Waals surface area contributed by atoms with Crippen LogP contribution in [0.5, 0.6) is 0 Å². The Bertz CT molecular complexity index is 5360. The molecule has 0 atom stereocenters. The van der Waals surface area contributed by atoms with Gasteiger partial charge in [0.2, 0.25) is 0 Å². The van der Waals surface area contributed by atoms with Crippen molar-refractivity contribution < 1.29 is 0 Å². The Morgan fingerprint density at radius 2 is 0.616 bits per heavy atom. The highest BCUT2D eigenvalue weighted by molar-refractivity contribution is 6.13. The molecule has 0 bridgehead atoms. The van der Waals surface area contributed by atoms with Crippen molar-refractivity contribution in [3.8, 4) is 101 Å². The van der Waals surface area contributed by atoms with Crippen molar-refractivity contribution in [2.24, 2.45) is 0 Å². The fourth-order valence-corrected chi connectivity index (χ4v) is 16.2. The van der Waals surface area contributed by atoms with Crippen LogP contribution in [0.3, 0.4) is 0 Å². The Hall–Kier alpha value is -10.7. The van der Waals surface area contributed by atoms with E-state index in [0.29, 0.717) is 5.82 Å². The minimum absolute atomic E-state index is 0.0779. The largest absolute Gasteiger partial charge is 0.309 e. The molecule has 486 valence electrons. The number of nitrogens with zero attached hydrogens (tertiary/aromatic N) is 4. The van der Waals surface area contributed by atoms with Gasteiger partial charge in [-0.3, -0.25) is 0 Å². The van der Waals surface area contributed by atoms with Gasteiger partial charge in [0.05, 0.1) is 33.5 Å². The van der Waals surface area contributed by atoms with E-state index >= 15 is 0 Å². The monoisotopic (exact) mass is 1280 g/mol. The Kier molecular flexibility index (Phi) is 17.6. The zero-order valence-electron chi connectivity index (χ0n) is 57.7. The summed E-state index contributed by atoms with van der Waals surface area (Å²) in [6, 6.07) is 104. The molecule has 4 heteroatoms. The highest BCUT2D eigenvalue weighted by atomic mass is 15.0. The average Bonchev–Trinajstić information content (AvgIpc) is 1.58. The van der Waals surface area contributed by atoms with Gasteiger partial charge in [0, 0.05) is 55.0 Å². The number of benzene rings is 12. The maximum Gasteiger partial charge on any atom is 0.160 e. The molecule has 3 aromatic heterocycles. The molecule has 0 N–H and O–H groups in total. The number of hydrogen-bond donors (Lipinski definition) is 0. The first-order valence-electron chi connectivity index (χ1n) is 36.6. The maximum absolute atomic E-state index is 5.43. The van der Waals surface area contributed by atoms with Gasteiger partial charge >= 0.3 is 0 Å². The number of hydrogen-bond acceptors (Lipinski definition) is 2. The first-order valence-corrected chi connectivity index (χ1v) is 36.6. The molecule has 0 amide bonds. The Balaban J connectivity index is 0.722. The second-order valence-electron chi connectivity index (χ2n) is 28.0. The van der Waals surface area contributed by atoms with Crippen molar-refractivity contribution in [2.75, 3.05) is 0 Å². The van der Waals surface area contributed by atoms with Gasteiger partial charge in [-0.1, -0.05) is 302 Å². The van der Waals surface area contributed by atoms with E-state index in [1.165, 1.54) is 199 Å². The molecule has 0 saturated carbocycles. The molecule has 0 aliphatic heterocycles. The van der Waals surface area contributed by atoms with Gasteiger partial charge in [-0.25, -0.2) is 9.97 Å². The summed E-state index contributed by atoms with van der Waals surface area (Å²) in [7, 11) is 0. The lowest BCUT2D eigenvalue weighted by Crippen LogP contribution is -2.25. The average molecular weight is 1280 g/mol. The van der Waals surface area contributed by atoms with Gasteiger partial charge in [0.1, 0.15) is 0 Å². The summed E-state index contributed by atoms with van der Waals surface area (Å²) < 4.78 is 4.79. The molecule has 0 saturated heterocycles. The fourth-order valence-electron chi connectivity index (χ4n) is 16.2. The van der Waals surface area contributed by atoms with Crippen molar-refractivity contribution in [1.29, 1.82) is 0 Å². The van der Waals surface area contributed by atoms with Crippen LogP contribution < -0.4 is 0 Å². The van der Waals surface area contributed by atoms with Crippen molar-refractivity contribution in [1.82, 2.24) is 19.1 Å². The molecule has 12 aromatic carbocycles. The number of aryl methyl sites for hydroxylation is 2. The lowest BCUT2D eigenvalue weighted by atomic mass is 9.70. The minimum atomic E-state index is -0.0779. The molecule has 0 radical (unpaired) electrons. The molecule has 0 unspecified atom stereocenters. The summed E-state index contributed by atoms with van der Waals surface area (Å²) in [5.74, 6) is 0.708. The molecule has 4 nitrogen and oxygen atoms in total. The molecule has 3 heterocycles. The van der Waals surface area contributed by atoms with E-state index in [-0.39, 0.29) is 5.41 Å². The fraction of sp³-hybridized carbons (Fsp3) is 0.200. The molecule has 1 aliphatic carbocycles. The van der Waals surface area contributed by atoms with Gasteiger partial charge < -0.3 is 9.13 Å². The van der Waals surface area contributed by atoms with E-state index in [2.05, 4.69) is 316 Å². The SMILES string of the molecule is CCCCCCCCC1(CCCCCCCC)c2cc(-c3ccc(-c4ccc(C)cc4)cc3)ccc2-c2ccc(-c3ccc(-c4nc(-c5ccc(C)cc5)cc(-c5ccc(-n6c7ccccc7c7cc(-c8ccc9c(c8)c8ccccc8n9-c8ccccc8)ccc76)cc5)n4)cc3)cc21. The molecule has 16 rings (SSSR count). The van der Waals surface area contributed by atoms with Gasteiger partial charge in [-0.2, -0.15) is 0 Å². The third-order valence-electron chi connectivity index (χ3n) is 21.5. The van der Waals surface area contributed by atoms with Crippen molar-refractivity contribution in [2.45, 2.75) is 123 Å². The van der Waals surface area contributed by atoms with Gasteiger partial charge in [-0.15, -0.1) is 0 Å². The lowest BCUT2D eigenvalue weighted by Gasteiger charge is -2.33. The first kappa shape index (κ1) is 63.1. The number of unbranched alkanes of at least 4 members (excludes halogenated alkanes) is 10. The number of para-hydroxylation sites is 3.